The van der Waals surface area contributed by atoms with Gasteiger partial charge in [0.15, 0.2) is 0 Å². The number of hydrogen-bond acceptors (Lipinski definition) is 4. The minimum Gasteiger partial charge on any atom is -0.346 e. The summed E-state index contributed by atoms with van der Waals surface area (Å²) in [7, 11) is 0. The van der Waals surface area contributed by atoms with Crippen molar-refractivity contribution in [2.24, 2.45) is 0 Å². The SMILES string of the molecule is O=C(c1ccc(-c2ccnc3[nH]ccc23)cc1)N1CCN(C(=O)c2cc3cccnc3[nH]2)CC1. The summed E-state index contributed by atoms with van der Waals surface area (Å²) in [5.41, 5.74) is 4.82. The number of carbonyl (C=O) groups excluding carboxylic acids is 2. The number of H-pyrrole nitrogens is 2. The highest BCUT2D eigenvalue weighted by atomic mass is 16.2. The van der Waals surface area contributed by atoms with E-state index in [9.17, 15) is 9.59 Å². The van der Waals surface area contributed by atoms with Crippen LogP contribution >= 0.6 is 0 Å². The second kappa shape index (κ2) is 8.15. The Bertz CT molecular complexity index is 1480. The van der Waals surface area contributed by atoms with Gasteiger partial charge in [0, 0.05) is 61.1 Å². The molecule has 0 spiro atoms. The van der Waals surface area contributed by atoms with Crippen molar-refractivity contribution in [1.29, 1.82) is 0 Å². The fourth-order valence-electron chi connectivity index (χ4n) is 4.54. The molecule has 1 aliphatic heterocycles. The lowest BCUT2D eigenvalue weighted by atomic mass is 10.0. The molecule has 0 atom stereocenters. The molecule has 2 N–H and O–H groups in total. The maximum atomic E-state index is 13.1. The van der Waals surface area contributed by atoms with Crippen LogP contribution in [0.3, 0.4) is 0 Å². The molecule has 0 bridgehead atoms. The number of aromatic nitrogens is 4. The zero-order valence-electron chi connectivity index (χ0n) is 18.4. The van der Waals surface area contributed by atoms with Gasteiger partial charge in [0.05, 0.1) is 0 Å². The van der Waals surface area contributed by atoms with Crippen molar-refractivity contribution in [3.05, 3.63) is 84.4 Å². The number of rotatable bonds is 3. The Hall–Kier alpha value is -4.46. The second-order valence-corrected chi connectivity index (χ2v) is 8.38. The topological polar surface area (TPSA) is 98.0 Å². The van der Waals surface area contributed by atoms with E-state index in [0.29, 0.717) is 43.1 Å². The first-order chi connectivity index (χ1) is 16.7. The lowest BCUT2D eigenvalue weighted by molar-refractivity contribution is 0.0533. The fourth-order valence-corrected chi connectivity index (χ4v) is 4.54. The van der Waals surface area contributed by atoms with Crippen LogP contribution in [0.25, 0.3) is 33.2 Å². The third kappa shape index (κ3) is 3.49. The van der Waals surface area contributed by atoms with E-state index in [4.69, 9.17) is 0 Å². The largest absolute Gasteiger partial charge is 0.346 e. The van der Waals surface area contributed by atoms with Crippen molar-refractivity contribution in [3.8, 4) is 11.1 Å². The van der Waals surface area contributed by atoms with E-state index >= 15 is 0 Å². The van der Waals surface area contributed by atoms with Gasteiger partial charge in [0.1, 0.15) is 17.0 Å². The van der Waals surface area contributed by atoms with Gasteiger partial charge < -0.3 is 19.8 Å². The quantitative estimate of drug-likeness (QED) is 0.438. The molecule has 1 aromatic carbocycles. The maximum absolute atomic E-state index is 13.1. The second-order valence-electron chi connectivity index (χ2n) is 8.38. The van der Waals surface area contributed by atoms with Gasteiger partial charge in [-0.1, -0.05) is 12.1 Å². The molecule has 34 heavy (non-hydrogen) atoms. The van der Waals surface area contributed by atoms with Crippen molar-refractivity contribution < 1.29 is 9.59 Å². The monoisotopic (exact) mass is 450 g/mol. The molecule has 168 valence electrons. The molecule has 5 aromatic rings. The Morgan fingerprint density at radius 1 is 0.794 bits per heavy atom. The maximum Gasteiger partial charge on any atom is 0.270 e. The lowest BCUT2D eigenvalue weighted by Gasteiger charge is -2.34. The molecule has 5 heterocycles. The van der Waals surface area contributed by atoms with Crippen molar-refractivity contribution >= 4 is 33.9 Å². The third-order valence-corrected chi connectivity index (χ3v) is 6.38. The summed E-state index contributed by atoms with van der Waals surface area (Å²) in [5.74, 6) is -0.0853. The summed E-state index contributed by atoms with van der Waals surface area (Å²) in [6.45, 7) is 1.99. The van der Waals surface area contributed by atoms with Crippen LogP contribution in [-0.2, 0) is 0 Å². The fraction of sp³-hybridized carbons (Fsp3) is 0.154. The number of aromatic amines is 2. The van der Waals surface area contributed by atoms with Crippen LogP contribution < -0.4 is 0 Å². The molecule has 8 heteroatoms. The first-order valence-electron chi connectivity index (χ1n) is 11.2. The third-order valence-electron chi connectivity index (χ3n) is 6.38. The molecule has 8 nitrogen and oxygen atoms in total. The molecular formula is C26H22N6O2. The van der Waals surface area contributed by atoms with Crippen LogP contribution in [0.5, 0.6) is 0 Å². The molecule has 1 fully saturated rings. The van der Waals surface area contributed by atoms with Crippen LogP contribution in [0.2, 0.25) is 0 Å². The van der Waals surface area contributed by atoms with Crippen molar-refractivity contribution in [2.75, 3.05) is 26.2 Å². The molecule has 2 amide bonds. The highest BCUT2D eigenvalue weighted by Gasteiger charge is 2.26. The minimum atomic E-state index is -0.0668. The Morgan fingerprint density at radius 3 is 2.29 bits per heavy atom. The number of benzene rings is 1. The Kier molecular flexibility index (Phi) is 4.83. The van der Waals surface area contributed by atoms with E-state index in [1.165, 1.54) is 0 Å². The Balaban J connectivity index is 1.13. The average molecular weight is 451 g/mol. The molecule has 4 aromatic heterocycles. The molecule has 0 aliphatic carbocycles. The van der Waals surface area contributed by atoms with Crippen molar-refractivity contribution in [3.63, 3.8) is 0 Å². The van der Waals surface area contributed by atoms with Gasteiger partial charge >= 0.3 is 0 Å². The lowest BCUT2D eigenvalue weighted by Crippen LogP contribution is -2.50. The average Bonchev–Trinajstić information content (AvgIpc) is 3.55. The standard InChI is InChI=1S/C26H22N6O2/c33-25(18-5-3-17(4-6-18)20-7-10-28-24-21(20)8-11-29-24)31-12-14-32(15-13-31)26(34)22-16-19-2-1-9-27-23(19)30-22/h1-11,16H,12-15H2,(H,27,30)(H,28,29). The summed E-state index contributed by atoms with van der Waals surface area (Å²) in [6.07, 6.45) is 5.35. The molecule has 1 saturated heterocycles. The van der Waals surface area contributed by atoms with E-state index < -0.39 is 0 Å². The van der Waals surface area contributed by atoms with Gasteiger partial charge in [-0.3, -0.25) is 9.59 Å². The number of amides is 2. The number of fused-ring (bicyclic) bond motifs is 2. The Morgan fingerprint density at radius 2 is 1.53 bits per heavy atom. The first-order valence-corrected chi connectivity index (χ1v) is 11.2. The highest BCUT2D eigenvalue weighted by Crippen LogP contribution is 2.27. The number of pyridine rings is 2. The molecule has 1 aliphatic rings. The number of carbonyl (C=O) groups is 2. The summed E-state index contributed by atoms with van der Waals surface area (Å²) < 4.78 is 0. The molecule has 6 rings (SSSR count). The van der Waals surface area contributed by atoms with Gasteiger partial charge in [-0.25, -0.2) is 9.97 Å². The van der Waals surface area contributed by atoms with Crippen LogP contribution in [0.1, 0.15) is 20.8 Å². The number of piperazine rings is 1. The van der Waals surface area contributed by atoms with Crippen LogP contribution in [0.15, 0.2) is 73.2 Å². The highest BCUT2D eigenvalue weighted by molar-refractivity contribution is 5.98. The van der Waals surface area contributed by atoms with Gasteiger partial charge in [0.25, 0.3) is 11.8 Å². The smallest absolute Gasteiger partial charge is 0.270 e. The number of nitrogens with one attached hydrogen (secondary N) is 2. The van der Waals surface area contributed by atoms with E-state index in [0.717, 1.165) is 27.5 Å². The summed E-state index contributed by atoms with van der Waals surface area (Å²) >= 11 is 0. The van der Waals surface area contributed by atoms with E-state index in [1.807, 2.05) is 65.7 Å². The summed E-state index contributed by atoms with van der Waals surface area (Å²) in [5, 5.41) is 1.96. The summed E-state index contributed by atoms with van der Waals surface area (Å²) in [6, 6.07) is 17.3. The first kappa shape index (κ1) is 20.2. The van der Waals surface area contributed by atoms with Gasteiger partial charge in [0.2, 0.25) is 0 Å². The molecule has 0 radical (unpaired) electrons. The predicted molar refractivity (Wildman–Crippen MR) is 129 cm³/mol. The van der Waals surface area contributed by atoms with E-state index in [1.54, 1.807) is 17.3 Å². The number of nitrogens with zero attached hydrogens (tertiary/aromatic N) is 4. The minimum absolute atomic E-state index is 0.0185. The summed E-state index contributed by atoms with van der Waals surface area (Å²) in [4.78, 5) is 44.4. The Labute approximate surface area is 195 Å². The number of hydrogen-bond donors (Lipinski definition) is 2. The van der Waals surface area contributed by atoms with Gasteiger partial charge in [-0.2, -0.15) is 0 Å². The van der Waals surface area contributed by atoms with E-state index in [2.05, 4.69) is 19.9 Å². The van der Waals surface area contributed by atoms with Crippen LogP contribution in [-0.4, -0.2) is 67.7 Å². The molecule has 0 saturated carbocycles. The van der Waals surface area contributed by atoms with E-state index in [-0.39, 0.29) is 11.8 Å². The normalized spacial score (nSPS) is 14.1. The zero-order chi connectivity index (χ0) is 23.1. The van der Waals surface area contributed by atoms with Crippen LogP contribution in [0, 0.1) is 0 Å². The van der Waals surface area contributed by atoms with Gasteiger partial charge in [-0.15, -0.1) is 0 Å². The zero-order valence-corrected chi connectivity index (χ0v) is 18.4. The van der Waals surface area contributed by atoms with Crippen LogP contribution in [0.4, 0.5) is 0 Å². The van der Waals surface area contributed by atoms with Gasteiger partial charge in [-0.05, 0) is 53.6 Å². The predicted octanol–water partition coefficient (Wildman–Crippen LogP) is 3.70. The molecule has 0 unspecified atom stereocenters. The van der Waals surface area contributed by atoms with Crippen molar-refractivity contribution in [1.82, 2.24) is 29.7 Å². The molecular weight excluding hydrogens is 428 g/mol. The van der Waals surface area contributed by atoms with Crippen molar-refractivity contribution in [2.45, 2.75) is 0 Å².